The molecule has 0 aliphatic rings. The minimum absolute atomic E-state index is 0.215. The normalized spacial score (nSPS) is 10.0. The van der Waals surface area contributed by atoms with Crippen LogP contribution >= 0.6 is 0 Å². The van der Waals surface area contributed by atoms with Crippen molar-refractivity contribution in [1.82, 2.24) is 4.98 Å². The van der Waals surface area contributed by atoms with Gasteiger partial charge in [0, 0.05) is 12.7 Å². The summed E-state index contributed by atoms with van der Waals surface area (Å²) in [5.41, 5.74) is 6.25. The summed E-state index contributed by atoms with van der Waals surface area (Å²) in [6, 6.07) is 1.66. The molecule has 1 heterocycles. The van der Waals surface area contributed by atoms with Crippen LogP contribution in [-0.4, -0.2) is 35.1 Å². The standard InChI is InChI=1S/C11H15N3O3/c1-3-14(6-8(15)16)11-9(10(12)17)7(2)4-5-13-11/h4-5H,3,6H2,1-2H3,(H2,12,17)(H,15,16). The number of hydrogen-bond donors (Lipinski definition) is 2. The Balaban J connectivity index is 3.23. The third kappa shape index (κ3) is 2.93. The molecule has 1 aromatic heterocycles. The molecule has 92 valence electrons. The molecule has 0 unspecified atom stereocenters. The predicted octanol–water partition coefficient (Wildman–Crippen LogP) is 0.400. The summed E-state index contributed by atoms with van der Waals surface area (Å²) in [5, 5.41) is 8.79. The van der Waals surface area contributed by atoms with Crippen LogP contribution in [0.5, 0.6) is 0 Å². The molecular formula is C11H15N3O3. The van der Waals surface area contributed by atoms with Crippen molar-refractivity contribution in [3.05, 3.63) is 23.4 Å². The van der Waals surface area contributed by atoms with Gasteiger partial charge in [0.25, 0.3) is 5.91 Å². The summed E-state index contributed by atoms with van der Waals surface area (Å²) < 4.78 is 0. The first kappa shape index (κ1) is 13.0. The van der Waals surface area contributed by atoms with E-state index in [9.17, 15) is 9.59 Å². The molecule has 0 radical (unpaired) electrons. The Kier molecular flexibility index (Phi) is 4.03. The molecular weight excluding hydrogens is 222 g/mol. The second kappa shape index (κ2) is 5.29. The van der Waals surface area contributed by atoms with E-state index < -0.39 is 11.9 Å². The van der Waals surface area contributed by atoms with Crippen LogP contribution in [0.1, 0.15) is 22.8 Å². The van der Waals surface area contributed by atoms with Gasteiger partial charge >= 0.3 is 5.97 Å². The molecule has 0 atom stereocenters. The van der Waals surface area contributed by atoms with Crippen molar-refractivity contribution in [2.45, 2.75) is 13.8 Å². The third-order valence-electron chi connectivity index (χ3n) is 2.39. The van der Waals surface area contributed by atoms with Crippen LogP contribution in [0.15, 0.2) is 12.3 Å². The van der Waals surface area contributed by atoms with Gasteiger partial charge in [-0.2, -0.15) is 0 Å². The average Bonchev–Trinajstić information content (AvgIpc) is 2.24. The summed E-state index contributed by atoms with van der Waals surface area (Å²) >= 11 is 0. The second-order valence-corrected chi connectivity index (χ2v) is 3.60. The summed E-state index contributed by atoms with van der Waals surface area (Å²) in [6.07, 6.45) is 1.53. The zero-order chi connectivity index (χ0) is 13.0. The Bertz CT molecular complexity index is 446. The minimum atomic E-state index is -0.981. The van der Waals surface area contributed by atoms with Crippen LogP contribution in [0.4, 0.5) is 5.82 Å². The topological polar surface area (TPSA) is 96.5 Å². The zero-order valence-electron chi connectivity index (χ0n) is 9.80. The maximum absolute atomic E-state index is 11.4. The zero-order valence-corrected chi connectivity index (χ0v) is 9.80. The number of aromatic nitrogens is 1. The summed E-state index contributed by atoms with van der Waals surface area (Å²) in [6.45, 7) is 3.74. The number of rotatable bonds is 5. The molecule has 0 aliphatic carbocycles. The lowest BCUT2D eigenvalue weighted by Crippen LogP contribution is -2.32. The maximum Gasteiger partial charge on any atom is 0.323 e. The average molecular weight is 237 g/mol. The fraction of sp³-hybridized carbons (Fsp3) is 0.364. The number of aryl methyl sites for hydroxylation is 1. The Morgan fingerprint density at radius 2 is 2.18 bits per heavy atom. The molecule has 17 heavy (non-hydrogen) atoms. The predicted molar refractivity (Wildman–Crippen MR) is 63.0 cm³/mol. The first-order valence-electron chi connectivity index (χ1n) is 5.19. The van der Waals surface area contributed by atoms with Crippen LogP contribution in [0, 0.1) is 6.92 Å². The molecule has 1 rings (SSSR count). The number of hydrogen-bond acceptors (Lipinski definition) is 4. The molecule has 6 nitrogen and oxygen atoms in total. The number of pyridine rings is 1. The van der Waals surface area contributed by atoms with E-state index in [4.69, 9.17) is 10.8 Å². The summed E-state index contributed by atoms with van der Waals surface area (Å²) in [4.78, 5) is 27.6. The monoisotopic (exact) mass is 237 g/mol. The van der Waals surface area contributed by atoms with Gasteiger partial charge in [0.1, 0.15) is 12.4 Å². The van der Waals surface area contributed by atoms with Crippen LogP contribution in [-0.2, 0) is 4.79 Å². The van der Waals surface area contributed by atoms with Crippen molar-refractivity contribution in [1.29, 1.82) is 0 Å². The fourth-order valence-corrected chi connectivity index (χ4v) is 1.59. The van der Waals surface area contributed by atoms with Gasteiger partial charge in [-0.25, -0.2) is 4.98 Å². The van der Waals surface area contributed by atoms with Crippen LogP contribution < -0.4 is 10.6 Å². The number of carboxylic acid groups (broad SMARTS) is 1. The first-order chi connectivity index (χ1) is 7.97. The molecule has 0 fully saturated rings. The lowest BCUT2D eigenvalue weighted by atomic mass is 10.1. The smallest absolute Gasteiger partial charge is 0.323 e. The largest absolute Gasteiger partial charge is 0.480 e. The Labute approximate surface area is 99.1 Å². The number of carbonyl (C=O) groups is 2. The van der Waals surface area contributed by atoms with Crippen molar-refractivity contribution >= 4 is 17.7 Å². The highest BCUT2D eigenvalue weighted by molar-refractivity contribution is 5.99. The van der Waals surface area contributed by atoms with Crippen LogP contribution in [0.25, 0.3) is 0 Å². The number of aliphatic carboxylic acids is 1. The molecule has 0 aliphatic heterocycles. The van der Waals surface area contributed by atoms with Gasteiger partial charge in [0.05, 0.1) is 5.56 Å². The van der Waals surface area contributed by atoms with E-state index in [0.29, 0.717) is 17.9 Å². The number of nitrogens with two attached hydrogens (primary N) is 1. The van der Waals surface area contributed by atoms with Gasteiger partial charge < -0.3 is 15.7 Å². The Morgan fingerprint density at radius 1 is 1.53 bits per heavy atom. The molecule has 1 aromatic rings. The van der Waals surface area contributed by atoms with Crippen molar-refractivity contribution in [3.8, 4) is 0 Å². The quantitative estimate of drug-likeness (QED) is 0.772. The highest BCUT2D eigenvalue weighted by Crippen LogP contribution is 2.20. The SMILES string of the molecule is CCN(CC(=O)O)c1nccc(C)c1C(N)=O. The fourth-order valence-electron chi connectivity index (χ4n) is 1.59. The van der Waals surface area contributed by atoms with E-state index in [-0.39, 0.29) is 12.1 Å². The molecule has 0 saturated carbocycles. The molecule has 0 saturated heterocycles. The molecule has 6 heteroatoms. The molecule has 0 spiro atoms. The number of anilines is 1. The minimum Gasteiger partial charge on any atom is -0.480 e. The maximum atomic E-state index is 11.4. The lowest BCUT2D eigenvalue weighted by Gasteiger charge is -2.22. The lowest BCUT2D eigenvalue weighted by molar-refractivity contribution is -0.135. The van der Waals surface area contributed by atoms with Gasteiger partial charge in [-0.05, 0) is 25.5 Å². The molecule has 0 bridgehead atoms. The van der Waals surface area contributed by atoms with E-state index in [1.807, 2.05) is 0 Å². The highest BCUT2D eigenvalue weighted by Gasteiger charge is 2.19. The highest BCUT2D eigenvalue weighted by atomic mass is 16.4. The Hall–Kier alpha value is -2.11. The van der Waals surface area contributed by atoms with Gasteiger partial charge in [-0.3, -0.25) is 9.59 Å². The van der Waals surface area contributed by atoms with Crippen molar-refractivity contribution in [2.75, 3.05) is 18.0 Å². The van der Waals surface area contributed by atoms with E-state index in [1.165, 1.54) is 11.1 Å². The number of likely N-dealkylation sites (N-methyl/N-ethyl adjacent to an activating group) is 1. The van der Waals surface area contributed by atoms with Gasteiger partial charge in [0.15, 0.2) is 0 Å². The first-order valence-corrected chi connectivity index (χ1v) is 5.19. The summed E-state index contributed by atoms with van der Waals surface area (Å²) in [5.74, 6) is -1.26. The van der Waals surface area contributed by atoms with Crippen molar-refractivity contribution in [2.24, 2.45) is 5.73 Å². The number of carbonyl (C=O) groups excluding carboxylic acids is 1. The molecule has 0 aromatic carbocycles. The second-order valence-electron chi connectivity index (χ2n) is 3.60. The number of nitrogens with zero attached hydrogens (tertiary/aromatic N) is 2. The van der Waals surface area contributed by atoms with E-state index in [1.54, 1.807) is 19.9 Å². The molecule has 3 N–H and O–H groups in total. The van der Waals surface area contributed by atoms with Crippen LogP contribution in [0.3, 0.4) is 0 Å². The number of amides is 1. The van der Waals surface area contributed by atoms with E-state index in [0.717, 1.165) is 0 Å². The Morgan fingerprint density at radius 3 is 2.65 bits per heavy atom. The van der Waals surface area contributed by atoms with Gasteiger partial charge in [-0.15, -0.1) is 0 Å². The van der Waals surface area contributed by atoms with Crippen LogP contribution in [0.2, 0.25) is 0 Å². The van der Waals surface area contributed by atoms with Crippen molar-refractivity contribution < 1.29 is 14.7 Å². The van der Waals surface area contributed by atoms with E-state index >= 15 is 0 Å². The number of carboxylic acids is 1. The van der Waals surface area contributed by atoms with Gasteiger partial charge in [0.2, 0.25) is 0 Å². The number of primary amides is 1. The van der Waals surface area contributed by atoms with Crippen molar-refractivity contribution in [3.63, 3.8) is 0 Å². The summed E-state index contributed by atoms with van der Waals surface area (Å²) in [7, 11) is 0. The third-order valence-corrected chi connectivity index (χ3v) is 2.39. The van der Waals surface area contributed by atoms with E-state index in [2.05, 4.69) is 4.98 Å². The van der Waals surface area contributed by atoms with Gasteiger partial charge in [-0.1, -0.05) is 0 Å². The molecule has 1 amide bonds.